The van der Waals surface area contributed by atoms with Crippen LogP contribution in [0.25, 0.3) is 0 Å². The van der Waals surface area contributed by atoms with Crippen molar-refractivity contribution in [1.29, 1.82) is 0 Å². The number of carbonyl (C=O) groups is 3. The van der Waals surface area contributed by atoms with Crippen molar-refractivity contribution in [3.8, 4) is 5.75 Å². The second kappa shape index (κ2) is 8.88. The molecular weight excluding hydrogens is 447 g/mol. The first-order valence-corrected chi connectivity index (χ1v) is 10.3. The fourth-order valence-corrected chi connectivity index (χ4v) is 3.43. The van der Waals surface area contributed by atoms with Crippen LogP contribution in [0.1, 0.15) is 21.5 Å². The van der Waals surface area contributed by atoms with Crippen LogP contribution < -0.4 is 15.0 Å². The highest BCUT2D eigenvalue weighted by Crippen LogP contribution is 2.30. The molecule has 0 unspecified atom stereocenters. The lowest BCUT2D eigenvalue weighted by molar-refractivity contribution is -0.120. The molecule has 3 aromatic carbocycles. The third-order valence-corrected chi connectivity index (χ3v) is 5.54. The van der Waals surface area contributed by atoms with Gasteiger partial charge in [-0.25, -0.2) is 14.1 Å². The maximum absolute atomic E-state index is 13.2. The number of nitrogens with one attached hydrogen (secondary N) is 1. The predicted octanol–water partition coefficient (Wildman–Crippen LogP) is 5.10. The Morgan fingerprint density at radius 2 is 1.58 bits per heavy atom. The van der Waals surface area contributed by atoms with Crippen LogP contribution in [-0.2, 0) is 9.59 Å². The number of amides is 2. The zero-order chi connectivity index (χ0) is 23.7. The van der Waals surface area contributed by atoms with Gasteiger partial charge < -0.3 is 10.1 Å². The average molecular weight is 465 g/mol. The Morgan fingerprint density at radius 3 is 2.21 bits per heavy atom. The third-order valence-electron chi connectivity index (χ3n) is 5.19. The van der Waals surface area contributed by atoms with Crippen LogP contribution in [0.5, 0.6) is 5.75 Å². The molecule has 166 valence electrons. The van der Waals surface area contributed by atoms with Crippen LogP contribution in [0, 0.1) is 19.7 Å². The van der Waals surface area contributed by atoms with E-state index in [-0.39, 0.29) is 16.4 Å². The van der Waals surface area contributed by atoms with Crippen molar-refractivity contribution in [1.82, 2.24) is 0 Å². The maximum atomic E-state index is 13.2. The van der Waals surface area contributed by atoms with Gasteiger partial charge in [0.15, 0.2) is 0 Å². The number of aryl methyl sites for hydroxylation is 2. The minimum Gasteiger partial charge on any atom is -0.423 e. The van der Waals surface area contributed by atoms with Crippen molar-refractivity contribution >= 4 is 40.8 Å². The monoisotopic (exact) mass is 464 g/mol. The number of nitrogens with zero attached hydrogens (tertiary/aromatic N) is 1. The number of imide groups is 1. The van der Waals surface area contributed by atoms with Gasteiger partial charge in [-0.05, 0) is 85.6 Å². The predicted molar refractivity (Wildman–Crippen MR) is 123 cm³/mol. The molecule has 8 heteroatoms. The topological polar surface area (TPSA) is 75.7 Å². The fraction of sp³-hybridized carbons (Fsp3) is 0.0800. The lowest BCUT2D eigenvalue weighted by Gasteiger charge is -2.15. The van der Waals surface area contributed by atoms with Crippen LogP contribution in [-0.4, -0.2) is 17.8 Å². The zero-order valence-electron chi connectivity index (χ0n) is 17.7. The van der Waals surface area contributed by atoms with Gasteiger partial charge in [-0.2, -0.15) is 0 Å². The highest BCUT2D eigenvalue weighted by molar-refractivity contribution is 6.53. The van der Waals surface area contributed by atoms with E-state index in [2.05, 4.69) is 5.32 Å². The van der Waals surface area contributed by atoms with Crippen molar-refractivity contribution in [2.24, 2.45) is 0 Å². The molecule has 1 N–H and O–H groups in total. The molecule has 0 fully saturated rings. The van der Waals surface area contributed by atoms with Crippen molar-refractivity contribution < 1.29 is 23.5 Å². The number of anilines is 2. The molecule has 0 radical (unpaired) electrons. The number of halogens is 2. The maximum Gasteiger partial charge on any atom is 0.343 e. The van der Waals surface area contributed by atoms with E-state index in [1.165, 1.54) is 24.3 Å². The van der Waals surface area contributed by atoms with Gasteiger partial charge in [-0.1, -0.05) is 17.7 Å². The molecule has 0 spiro atoms. The smallest absolute Gasteiger partial charge is 0.343 e. The first-order valence-electron chi connectivity index (χ1n) is 9.95. The van der Waals surface area contributed by atoms with Gasteiger partial charge in [-0.3, -0.25) is 9.59 Å². The molecule has 1 aliphatic heterocycles. The third kappa shape index (κ3) is 4.49. The quantitative estimate of drug-likeness (QED) is 0.323. The summed E-state index contributed by atoms with van der Waals surface area (Å²) < 4.78 is 18.6. The summed E-state index contributed by atoms with van der Waals surface area (Å²) in [6, 6.07) is 16.5. The van der Waals surface area contributed by atoms with Crippen LogP contribution in [0.4, 0.5) is 15.8 Å². The van der Waals surface area contributed by atoms with Gasteiger partial charge in [0.25, 0.3) is 11.8 Å². The Hall–Kier alpha value is -3.97. The number of esters is 1. The molecule has 3 aromatic rings. The number of hydrogen-bond acceptors (Lipinski definition) is 5. The SMILES string of the molecule is Cc1ccc(OC(=O)c2ccc(NC3=C(Cl)C(=O)N(c4ccc(F)cc4)C3=O)cc2)cc1C. The van der Waals surface area contributed by atoms with Crippen molar-refractivity contribution in [2.75, 3.05) is 10.2 Å². The minimum atomic E-state index is -0.718. The van der Waals surface area contributed by atoms with Crippen LogP contribution in [0.3, 0.4) is 0 Å². The van der Waals surface area contributed by atoms with Crippen molar-refractivity contribution in [3.63, 3.8) is 0 Å². The van der Waals surface area contributed by atoms with E-state index >= 15 is 0 Å². The number of ether oxygens (including phenoxy) is 1. The first-order chi connectivity index (χ1) is 15.7. The Morgan fingerprint density at radius 1 is 0.909 bits per heavy atom. The zero-order valence-corrected chi connectivity index (χ0v) is 18.4. The molecule has 0 aliphatic carbocycles. The van der Waals surface area contributed by atoms with Gasteiger partial charge in [-0.15, -0.1) is 0 Å². The standard InChI is InChI=1S/C25H18ClFN2O4/c1-14-3-12-20(13-15(14)2)33-25(32)16-4-8-18(9-5-16)28-22-21(26)23(30)29(24(22)31)19-10-6-17(27)7-11-19/h3-13,28H,1-2H3. The summed E-state index contributed by atoms with van der Waals surface area (Å²) in [5, 5.41) is 2.53. The summed E-state index contributed by atoms with van der Waals surface area (Å²) in [5.41, 5.74) is 2.93. The van der Waals surface area contributed by atoms with E-state index in [1.807, 2.05) is 19.9 Å². The van der Waals surface area contributed by atoms with Gasteiger partial charge >= 0.3 is 5.97 Å². The van der Waals surface area contributed by atoms with Crippen molar-refractivity contribution in [3.05, 3.63) is 100.0 Å². The van der Waals surface area contributed by atoms with E-state index in [1.54, 1.807) is 24.3 Å². The molecular formula is C25H18ClFN2O4. The first kappa shape index (κ1) is 22.2. The fourth-order valence-electron chi connectivity index (χ4n) is 3.21. The molecule has 2 amide bonds. The van der Waals surface area contributed by atoms with Gasteiger partial charge in [0, 0.05) is 5.69 Å². The Labute approximate surface area is 194 Å². The van der Waals surface area contributed by atoms with E-state index in [0.29, 0.717) is 17.0 Å². The number of benzene rings is 3. The number of hydrogen-bond donors (Lipinski definition) is 1. The number of carbonyl (C=O) groups excluding carboxylic acids is 3. The molecule has 0 saturated heterocycles. The van der Waals surface area contributed by atoms with Crippen molar-refractivity contribution in [2.45, 2.75) is 13.8 Å². The minimum absolute atomic E-state index is 0.114. The summed E-state index contributed by atoms with van der Waals surface area (Å²) in [7, 11) is 0. The number of rotatable bonds is 5. The summed E-state index contributed by atoms with van der Waals surface area (Å²) in [5.74, 6) is -1.97. The van der Waals surface area contributed by atoms with Gasteiger partial charge in [0.2, 0.25) is 0 Å². The van der Waals surface area contributed by atoms with E-state index in [4.69, 9.17) is 16.3 Å². The molecule has 6 nitrogen and oxygen atoms in total. The second-order valence-electron chi connectivity index (χ2n) is 7.45. The normalized spacial score (nSPS) is 13.5. The second-order valence-corrected chi connectivity index (χ2v) is 7.83. The Bertz CT molecular complexity index is 1300. The molecule has 0 bridgehead atoms. The lowest BCUT2D eigenvalue weighted by atomic mass is 10.1. The average Bonchev–Trinajstić information content (AvgIpc) is 3.00. The van der Waals surface area contributed by atoms with Crippen LogP contribution >= 0.6 is 11.6 Å². The molecule has 1 aliphatic rings. The van der Waals surface area contributed by atoms with Gasteiger partial charge in [0.1, 0.15) is 22.3 Å². The Kier molecular flexibility index (Phi) is 5.98. The van der Waals surface area contributed by atoms with Crippen LogP contribution in [0.15, 0.2) is 77.5 Å². The summed E-state index contributed by atoms with van der Waals surface area (Å²) in [4.78, 5) is 38.6. The van der Waals surface area contributed by atoms with Crippen LogP contribution in [0.2, 0.25) is 0 Å². The summed E-state index contributed by atoms with van der Waals surface area (Å²) >= 11 is 6.10. The molecule has 1 heterocycles. The molecule has 0 atom stereocenters. The largest absolute Gasteiger partial charge is 0.423 e. The lowest BCUT2D eigenvalue weighted by Crippen LogP contribution is -2.32. The molecule has 4 rings (SSSR count). The summed E-state index contributed by atoms with van der Waals surface area (Å²) in [6.07, 6.45) is 0. The van der Waals surface area contributed by atoms with E-state index in [9.17, 15) is 18.8 Å². The van der Waals surface area contributed by atoms with Gasteiger partial charge in [0.05, 0.1) is 11.3 Å². The van der Waals surface area contributed by atoms with E-state index in [0.717, 1.165) is 28.2 Å². The summed E-state index contributed by atoms with van der Waals surface area (Å²) in [6.45, 7) is 3.90. The van der Waals surface area contributed by atoms with E-state index < -0.39 is 23.6 Å². The highest BCUT2D eigenvalue weighted by atomic mass is 35.5. The molecule has 33 heavy (non-hydrogen) atoms. The highest BCUT2D eigenvalue weighted by Gasteiger charge is 2.38. The molecule has 0 saturated carbocycles. The Balaban J connectivity index is 1.47. The molecule has 0 aromatic heterocycles.